The number of benzene rings is 2. The lowest BCUT2D eigenvalue weighted by molar-refractivity contribution is 0.100. The van der Waals surface area contributed by atoms with Crippen molar-refractivity contribution in [3.63, 3.8) is 0 Å². The molecule has 1 aromatic heterocycles. The molecule has 6 heteroatoms. The van der Waals surface area contributed by atoms with Crippen LogP contribution in [0.25, 0.3) is 11.3 Å². The highest BCUT2D eigenvalue weighted by Crippen LogP contribution is 2.27. The molecule has 0 radical (unpaired) electrons. The lowest BCUT2D eigenvalue weighted by atomic mass is 10.1. The van der Waals surface area contributed by atoms with E-state index in [1.54, 1.807) is 6.20 Å². The monoisotopic (exact) mass is 362 g/mol. The minimum atomic E-state index is -0.472. The molecule has 1 atom stereocenters. The molecule has 27 heavy (non-hydrogen) atoms. The van der Waals surface area contributed by atoms with Gasteiger partial charge in [0, 0.05) is 17.8 Å². The van der Waals surface area contributed by atoms with Crippen LogP contribution in [0.5, 0.6) is 11.5 Å². The number of nitrogens with one attached hydrogen (secondary N) is 1. The number of amides is 1. The number of nitrogens with zero attached hydrogens (tertiary/aromatic N) is 2. The van der Waals surface area contributed by atoms with E-state index in [9.17, 15) is 4.79 Å². The maximum atomic E-state index is 11.9. The minimum absolute atomic E-state index is 0.389. The summed E-state index contributed by atoms with van der Waals surface area (Å²) in [6.45, 7) is 1.76. The van der Waals surface area contributed by atoms with Crippen molar-refractivity contribution >= 4 is 5.91 Å². The van der Waals surface area contributed by atoms with E-state index in [1.165, 1.54) is 6.42 Å². The van der Waals surface area contributed by atoms with Crippen molar-refractivity contribution in [2.45, 2.75) is 25.4 Å². The van der Waals surface area contributed by atoms with Gasteiger partial charge in [-0.05, 0) is 55.8 Å². The Labute approximate surface area is 158 Å². The average molecular weight is 362 g/mol. The first kappa shape index (κ1) is 17.3. The van der Waals surface area contributed by atoms with E-state index >= 15 is 0 Å². The van der Waals surface area contributed by atoms with E-state index in [1.807, 2.05) is 59.3 Å². The molecule has 1 saturated heterocycles. The predicted octanol–water partition coefficient (Wildman–Crippen LogP) is 3.19. The molecule has 1 aliphatic rings. The van der Waals surface area contributed by atoms with Crippen molar-refractivity contribution in [2.75, 3.05) is 6.54 Å². The van der Waals surface area contributed by atoms with Gasteiger partial charge in [0.05, 0.1) is 12.1 Å². The van der Waals surface area contributed by atoms with Gasteiger partial charge in [0.15, 0.2) is 0 Å². The summed E-state index contributed by atoms with van der Waals surface area (Å²) in [5.74, 6) is 1.02. The highest BCUT2D eigenvalue weighted by molar-refractivity contribution is 5.98. The predicted molar refractivity (Wildman–Crippen MR) is 104 cm³/mol. The molecule has 3 N–H and O–H groups in total. The van der Waals surface area contributed by atoms with Gasteiger partial charge in [-0.1, -0.05) is 18.2 Å². The van der Waals surface area contributed by atoms with Gasteiger partial charge in [0.2, 0.25) is 0 Å². The van der Waals surface area contributed by atoms with Crippen molar-refractivity contribution in [1.29, 1.82) is 0 Å². The van der Waals surface area contributed by atoms with Crippen molar-refractivity contribution in [3.8, 4) is 22.8 Å². The minimum Gasteiger partial charge on any atom is -0.457 e. The Hall–Kier alpha value is -3.12. The molecule has 3 aromatic rings. The van der Waals surface area contributed by atoms with E-state index in [2.05, 4.69) is 10.4 Å². The number of nitrogens with two attached hydrogens (primary N) is 1. The van der Waals surface area contributed by atoms with Crippen LogP contribution >= 0.6 is 0 Å². The maximum Gasteiger partial charge on any atom is 0.252 e. The normalized spacial score (nSPS) is 16.4. The number of para-hydroxylation sites is 1. The molecule has 0 spiro atoms. The molecule has 2 aromatic carbocycles. The summed E-state index contributed by atoms with van der Waals surface area (Å²) in [5, 5.41) is 8.05. The Morgan fingerprint density at radius 2 is 1.89 bits per heavy atom. The molecule has 6 nitrogen and oxygen atoms in total. The van der Waals surface area contributed by atoms with E-state index < -0.39 is 5.91 Å². The van der Waals surface area contributed by atoms with Crippen molar-refractivity contribution in [3.05, 3.63) is 66.4 Å². The third-order valence-corrected chi connectivity index (χ3v) is 4.70. The number of primary amides is 1. The Bertz CT molecular complexity index is 913. The fourth-order valence-corrected chi connectivity index (χ4v) is 3.35. The number of rotatable bonds is 6. The first-order valence-electron chi connectivity index (χ1n) is 9.13. The van der Waals surface area contributed by atoms with Crippen molar-refractivity contribution in [2.24, 2.45) is 5.73 Å². The number of ether oxygens (including phenoxy) is 1. The summed E-state index contributed by atoms with van der Waals surface area (Å²) in [4.78, 5) is 11.9. The van der Waals surface area contributed by atoms with Crippen LogP contribution in [0.2, 0.25) is 0 Å². The zero-order chi connectivity index (χ0) is 18.6. The summed E-state index contributed by atoms with van der Waals surface area (Å²) in [5.41, 5.74) is 7.45. The average Bonchev–Trinajstić information content (AvgIpc) is 3.34. The first-order chi connectivity index (χ1) is 13.2. The SMILES string of the molecule is NC(=O)c1cn(C[C@@H]2CCCN2)nc1-c1ccc(Oc2ccccc2)cc1. The number of carbonyl (C=O) groups is 1. The Kier molecular flexibility index (Phi) is 4.89. The molecule has 1 aliphatic heterocycles. The van der Waals surface area contributed by atoms with Crippen molar-refractivity contribution < 1.29 is 9.53 Å². The Balaban J connectivity index is 1.56. The van der Waals surface area contributed by atoms with Gasteiger partial charge in [-0.15, -0.1) is 0 Å². The largest absolute Gasteiger partial charge is 0.457 e. The van der Waals surface area contributed by atoms with E-state index in [-0.39, 0.29) is 0 Å². The van der Waals surface area contributed by atoms with Gasteiger partial charge in [-0.3, -0.25) is 9.48 Å². The second kappa shape index (κ2) is 7.63. The molecule has 4 rings (SSSR count). The Morgan fingerprint density at radius 1 is 1.15 bits per heavy atom. The van der Waals surface area contributed by atoms with E-state index in [0.29, 0.717) is 17.3 Å². The molecule has 0 saturated carbocycles. The third-order valence-electron chi connectivity index (χ3n) is 4.70. The number of hydrogen-bond donors (Lipinski definition) is 2. The van der Waals surface area contributed by atoms with Gasteiger partial charge in [-0.2, -0.15) is 5.10 Å². The summed E-state index contributed by atoms with van der Waals surface area (Å²) >= 11 is 0. The number of aromatic nitrogens is 2. The molecule has 1 fully saturated rings. The molecule has 0 aliphatic carbocycles. The molecular formula is C21H22N4O2. The van der Waals surface area contributed by atoms with Crippen LogP contribution in [-0.4, -0.2) is 28.3 Å². The zero-order valence-corrected chi connectivity index (χ0v) is 15.0. The van der Waals surface area contributed by atoms with E-state index in [4.69, 9.17) is 10.5 Å². The summed E-state index contributed by atoms with van der Waals surface area (Å²) in [6.07, 6.45) is 4.03. The lowest BCUT2D eigenvalue weighted by Gasteiger charge is -2.09. The standard InChI is InChI=1S/C21H22N4O2/c22-21(26)19-14-25(13-16-5-4-12-23-16)24-20(19)15-8-10-18(11-9-15)27-17-6-2-1-3-7-17/h1-3,6-11,14,16,23H,4-5,12-13H2,(H2,22,26)/t16-/m0/s1. The molecule has 0 bridgehead atoms. The summed E-state index contributed by atoms with van der Waals surface area (Å²) < 4.78 is 7.63. The van der Waals surface area contributed by atoms with E-state index in [0.717, 1.165) is 36.6 Å². The van der Waals surface area contributed by atoms with Crippen LogP contribution in [0.15, 0.2) is 60.8 Å². The lowest BCUT2D eigenvalue weighted by Crippen LogP contribution is -2.26. The second-order valence-corrected chi connectivity index (χ2v) is 6.71. The van der Waals surface area contributed by atoms with Crippen LogP contribution in [0, 0.1) is 0 Å². The fraction of sp³-hybridized carbons (Fsp3) is 0.238. The van der Waals surface area contributed by atoms with Gasteiger partial charge in [-0.25, -0.2) is 0 Å². The van der Waals surface area contributed by atoms with Crippen LogP contribution in [0.1, 0.15) is 23.2 Å². The summed E-state index contributed by atoms with van der Waals surface area (Å²) in [7, 11) is 0. The third kappa shape index (κ3) is 4.01. The zero-order valence-electron chi connectivity index (χ0n) is 15.0. The fourth-order valence-electron chi connectivity index (χ4n) is 3.35. The van der Waals surface area contributed by atoms with Gasteiger partial charge in [0.1, 0.15) is 17.2 Å². The number of hydrogen-bond acceptors (Lipinski definition) is 4. The van der Waals surface area contributed by atoms with Crippen LogP contribution in [0.4, 0.5) is 0 Å². The highest BCUT2D eigenvalue weighted by atomic mass is 16.5. The van der Waals surface area contributed by atoms with Gasteiger partial charge >= 0.3 is 0 Å². The quantitative estimate of drug-likeness (QED) is 0.705. The molecule has 0 unspecified atom stereocenters. The van der Waals surface area contributed by atoms with Crippen molar-refractivity contribution in [1.82, 2.24) is 15.1 Å². The first-order valence-corrected chi connectivity index (χ1v) is 9.13. The second-order valence-electron chi connectivity index (χ2n) is 6.71. The van der Waals surface area contributed by atoms with Gasteiger partial charge in [0.25, 0.3) is 5.91 Å². The topological polar surface area (TPSA) is 82.2 Å². The van der Waals surface area contributed by atoms with Gasteiger partial charge < -0.3 is 15.8 Å². The molecule has 138 valence electrons. The molecular weight excluding hydrogens is 340 g/mol. The van der Waals surface area contributed by atoms with Crippen LogP contribution < -0.4 is 15.8 Å². The van der Waals surface area contributed by atoms with Crippen LogP contribution in [0.3, 0.4) is 0 Å². The Morgan fingerprint density at radius 3 is 2.56 bits per heavy atom. The summed E-state index contributed by atoms with van der Waals surface area (Å²) in [6, 6.07) is 17.5. The van der Waals surface area contributed by atoms with Crippen LogP contribution in [-0.2, 0) is 6.54 Å². The molecule has 2 heterocycles. The highest BCUT2D eigenvalue weighted by Gasteiger charge is 2.19. The molecule has 1 amide bonds. The maximum absolute atomic E-state index is 11.9. The number of carbonyl (C=O) groups excluding carboxylic acids is 1. The smallest absolute Gasteiger partial charge is 0.252 e.